The highest BCUT2D eigenvalue weighted by molar-refractivity contribution is 7.89. The number of ether oxygens (including phenoxy) is 1. The Morgan fingerprint density at radius 1 is 1.03 bits per heavy atom. The first-order chi connectivity index (χ1) is 17.0. The van der Waals surface area contributed by atoms with E-state index in [1.54, 1.807) is 6.08 Å². The molecule has 0 spiro atoms. The average Bonchev–Trinajstić information content (AvgIpc) is 3.28. The Balaban J connectivity index is 1.86. The van der Waals surface area contributed by atoms with E-state index in [9.17, 15) is 21.6 Å². The van der Waals surface area contributed by atoms with Crippen LogP contribution in [0.15, 0.2) is 70.5 Å². The molecule has 0 aliphatic carbocycles. The van der Waals surface area contributed by atoms with Crippen LogP contribution in [0.4, 0.5) is 0 Å². The largest absolute Gasteiger partial charge is 0.469 e. The summed E-state index contributed by atoms with van der Waals surface area (Å²) in [4.78, 5) is 11.5. The van der Waals surface area contributed by atoms with Gasteiger partial charge in [-0.25, -0.2) is 16.8 Å². The van der Waals surface area contributed by atoms with Gasteiger partial charge >= 0.3 is 5.97 Å². The minimum Gasteiger partial charge on any atom is -0.469 e. The number of carbonyl (C=O) groups excluding carboxylic acids is 1. The number of sulfonamides is 2. The van der Waals surface area contributed by atoms with E-state index in [1.807, 2.05) is 6.08 Å². The van der Waals surface area contributed by atoms with Gasteiger partial charge in [-0.3, -0.25) is 4.79 Å². The fraction of sp³-hybridized carbons (Fsp3) is 0.375. The Kier molecular flexibility index (Phi) is 9.59. The molecule has 12 heteroatoms. The molecule has 2 aromatic rings. The van der Waals surface area contributed by atoms with E-state index in [0.29, 0.717) is 22.9 Å². The highest BCUT2D eigenvalue weighted by Gasteiger charge is 2.43. The summed E-state index contributed by atoms with van der Waals surface area (Å²) in [7, 11) is -5.05. The van der Waals surface area contributed by atoms with Crippen LogP contribution in [0.25, 0.3) is 0 Å². The average molecular weight is 576 g/mol. The Morgan fingerprint density at radius 2 is 1.58 bits per heavy atom. The minimum absolute atomic E-state index is 0.0224. The van der Waals surface area contributed by atoms with Crippen LogP contribution in [0.2, 0.25) is 10.0 Å². The first-order valence-electron chi connectivity index (χ1n) is 11.2. The second-order valence-electron chi connectivity index (χ2n) is 8.36. The summed E-state index contributed by atoms with van der Waals surface area (Å²) in [6, 6.07) is 10.5. The standard InChI is InChI=1S/C24H28Cl2N2O6S2/c1-27(35(30,31)22-12-8-18(25)9-13-22)21-16-20(6-4-3-5-7-24(29)34-2)28(17-21)36(32,33)23-14-10-19(26)11-15-23/h4,6,8-15,20-21H,3,5,7,16-17H2,1-2H3/b6-4-/t20-,21-/m1/s1. The number of hydrogen-bond acceptors (Lipinski definition) is 6. The van der Waals surface area contributed by atoms with Gasteiger partial charge in [-0.15, -0.1) is 0 Å². The van der Waals surface area contributed by atoms with E-state index in [0.717, 1.165) is 0 Å². The fourth-order valence-corrected chi connectivity index (χ4v) is 7.20. The number of halogens is 2. The first kappa shape index (κ1) is 28.6. The highest BCUT2D eigenvalue weighted by Crippen LogP contribution is 2.32. The third kappa shape index (κ3) is 6.67. The second kappa shape index (κ2) is 12.1. The van der Waals surface area contributed by atoms with Gasteiger partial charge in [0.15, 0.2) is 0 Å². The topological polar surface area (TPSA) is 101 Å². The molecule has 0 saturated carbocycles. The van der Waals surface area contributed by atoms with Gasteiger partial charge in [0, 0.05) is 42.1 Å². The molecule has 1 heterocycles. The van der Waals surface area contributed by atoms with Gasteiger partial charge in [-0.05, 0) is 67.8 Å². The molecule has 0 bridgehead atoms. The van der Waals surface area contributed by atoms with Crippen LogP contribution in [0.3, 0.4) is 0 Å². The van der Waals surface area contributed by atoms with Crippen molar-refractivity contribution >= 4 is 49.2 Å². The maximum absolute atomic E-state index is 13.5. The van der Waals surface area contributed by atoms with Gasteiger partial charge in [0.1, 0.15) is 0 Å². The number of carbonyl (C=O) groups is 1. The molecule has 0 unspecified atom stereocenters. The van der Waals surface area contributed by atoms with E-state index in [4.69, 9.17) is 23.2 Å². The van der Waals surface area contributed by atoms with Crippen LogP contribution in [0.5, 0.6) is 0 Å². The van der Waals surface area contributed by atoms with Crippen LogP contribution in [0.1, 0.15) is 25.7 Å². The first-order valence-corrected chi connectivity index (χ1v) is 14.8. The van der Waals surface area contributed by atoms with Crippen LogP contribution in [0, 0.1) is 0 Å². The maximum Gasteiger partial charge on any atom is 0.305 e. The second-order valence-corrected chi connectivity index (χ2v) is 13.1. The molecule has 0 aromatic heterocycles. The van der Waals surface area contributed by atoms with Crippen molar-refractivity contribution in [2.45, 2.75) is 47.6 Å². The molecule has 2 aromatic carbocycles. The predicted molar refractivity (Wildman–Crippen MR) is 139 cm³/mol. The summed E-state index contributed by atoms with van der Waals surface area (Å²) in [5.41, 5.74) is 0. The van der Waals surface area contributed by atoms with E-state index in [-0.39, 0.29) is 35.1 Å². The summed E-state index contributed by atoms with van der Waals surface area (Å²) in [5, 5.41) is 0.819. The Morgan fingerprint density at radius 3 is 2.14 bits per heavy atom. The molecule has 8 nitrogen and oxygen atoms in total. The Labute approximate surface area is 222 Å². The molecule has 0 amide bonds. The number of benzene rings is 2. The number of esters is 1. The van der Waals surface area contributed by atoms with Crippen molar-refractivity contribution in [2.24, 2.45) is 0 Å². The van der Waals surface area contributed by atoms with Gasteiger partial charge < -0.3 is 4.74 Å². The van der Waals surface area contributed by atoms with Crippen LogP contribution >= 0.6 is 23.2 Å². The maximum atomic E-state index is 13.5. The summed E-state index contributed by atoms with van der Waals surface area (Å²) < 4.78 is 60.6. The van der Waals surface area contributed by atoms with Crippen molar-refractivity contribution in [3.63, 3.8) is 0 Å². The normalized spacial score (nSPS) is 19.2. The monoisotopic (exact) mass is 574 g/mol. The van der Waals surface area contributed by atoms with E-state index in [2.05, 4.69) is 4.74 Å². The minimum atomic E-state index is -3.94. The molecular formula is C24H28Cl2N2O6S2. The number of likely N-dealkylation sites (N-methyl/N-ethyl adjacent to an activating group) is 1. The highest BCUT2D eigenvalue weighted by atomic mass is 35.5. The molecule has 2 atom stereocenters. The molecule has 3 rings (SSSR count). The summed E-state index contributed by atoms with van der Waals surface area (Å²) in [5.74, 6) is -0.315. The lowest BCUT2D eigenvalue weighted by atomic mass is 10.1. The lowest BCUT2D eigenvalue weighted by molar-refractivity contribution is -0.140. The number of allylic oxidation sites excluding steroid dienone is 1. The fourth-order valence-electron chi connectivity index (χ4n) is 3.96. The van der Waals surface area contributed by atoms with Crippen LogP contribution < -0.4 is 0 Å². The lowest BCUT2D eigenvalue weighted by Crippen LogP contribution is -2.40. The molecule has 36 heavy (non-hydrogen) atoms. The van der Waals surface area contributed by atoms with E-state index >= 15 is 0 Å². The zero-order valence-electron chi connectivity index (χ0n) is 19.9. The summed E-state index contributed by atoms with van der Waals surface area (Å²) in [6.45, 7) is -0.0224. The van der Waals surface area contributed by atoms with Crippen molar-refractivity contribution < 1.29 is 26.4 Å². The molecule has 1 saturated heterocycles. The Bertz CT molecular complexity index is 1300. The predicted octanol–water partition coefficient (Wildman–Crippen LogP) is 4.35. The molecule has 0 radical (unpaired) electrons. The van der Waals surface area contributed by atoms with Crippen molar-refractivity contribution in [2.75, 3.05) is 20.7 Å². The van der Waals surface area contributed by atoms with Crippen molar-refractivity contribution in [1.82, 2.24) is 8.61 Å². The number of hydrogen-bond donors (Lipinski definition) is 0. The third-order valence-corrected chi connectivity index (χ3v) is 10.4. The van der Waals surface area contributed by atoms with Gasteiger partial charge in [0.25, 0.3) is 0 Å². The van der Waals surface area contributed by atoms with Gasteiger partial charge in [0.05, 0.1) is 16.9 Å². The van der Waals surface area contributed by atoms with E-state index in [1.165, 1.54) is 71.3 Å². The number of methoxy groups -OCH3 is 1. The molecule has 1 aliphatic rings. The van der Waals surface area contributed by atoms with Gasteiger partial charge in [-0.2, -0.15) is 8.61 Å². The zero-order chi connectivity index (χ0) is 26.5. The van der Waals surface area contributed by atoms with Gasteiger partial charge in [0.2, 0.25) is 20.0 Å². The molecule has 196 valence electrons. The smallest absolute Gasteiger partial charge is 0.305 e. The van der Waals surface area contributed by atoms with Crippen molar-refractivity contribution in [3.05, 3.63) is 70.7 Å². The SMILES string of the molecule is COC(=O)CCC/C=C\[C@@H]1C[C@@H](N(C)S(=O)(=O)c2ccc(Cl)cc2)CN1S(=O)(=O)c1ccc(Cl)cc1. The quantitative estimate of drug-likeness (QED) is 0.237. The lowest BCUT2D eigenvalue weighted by Gasteiger charge is -2.24. The zero-order valence-corrected chi connectivity index (χ0v) is 23.0. The molecule has 1 fully saturated rings. The number of nitrogens with zero attached hydrogens (tertiary/aromatic N) is 2. The van der Waals surface area contributed by atoms with Crippen molar-refractivity contribution in [1.29, 1.82) is 0 Å². The summed E-state index contributed by atoms with van der Waals surface area (Å²) >= 11 is 11.8. The summed E-state index contributed by atoms with van der Waals surface area (Å²) in [6.07, 6.45) is 5.19. The van der Waals surface area contributed by atoms with Crippen molar-refractivity contribution in [3.8, 4) is 0 Å². The van der Waals surface area contributed by atoms with Gasteiger partial charge in [-0.1, -0.05) is 35.4 Å². The Hall–Kier alpha value is -1.95. The molecule has 1 aliphatic heterocycles. The van der Waals surface area contributed by atoms with Crippen LogP contribution in [-0.2, 0) is 29.6 Å². The number of rotatable bonds is 10. The third-order valence-electron chi connectivity index (χ3n) is 6.04. The number of unbranched alkanes of at least 4 members (excludes halogenated alkanes) is 1. The van der Waals surface area contributed by atoms with E-state index < -0.39 is 32.1 Å². The van der Waals surface area contributed by atoms with Crippen LogP contribution in [-0.4, -0.2) is 64.2 Å². The molecule has 0 N–H and O–H groups in total. The molecular weight excluding hydrogens is 547 g/mol.